The summed E-state index contributed by atoms with van der Waals surface area (Å²) in [5.41, 5.74) is -0.0427. The average Bonchev–Trinajstić information content (AvgIpc) is 2.66. The SMILES string of the molecule is O=C(CSc1ccc2ccccc2c1)OCC(=O)c1ccc(F)c(F)c1. The van der Waals surface area contributed by atoms with Gasteiger partial charge in [-0.05, 0) is 41.1 Å². The smallest absolute Gasteiger partial charge is 0.316 e. The summed E-state index contributed by atoms with van der Waals surface area (Å²) in [4.78, 5) is 24.6. The third-order valence-corrected chi connectivity index (χ3v) is 4.65. The minimum atomic E-state index is -1.12. The van der Waals surface area contributed by atoms with E-state index in [1.165, 1.54) is 11.8 Å². The van der Waals surface area contributed by atoms with Crippen LogP contribution in [0.5, 0.6) is 0 Å². The number of benzene rings is 3. The number of Topliss-reactive ketones (excluding diaryl/α,β-unsaturated/α-hetero) is 1. The molecule has 0 spiro atoms. The fourth-order valence-corrected chi connectivity index (χ4v) is 3.08. The Morgan fingerprint density at radius 1 is 0.885 bits per heavy atom. The maximum atomic E-state index is 13.1. The molecule has 0 saturated carbocycles. The predicted molar refractivity (Wildman–Crippen MR) is 96.3 cm³/mol. The molecule has 26 heavy (non-hydrogen) atoms. The first-order valence-corrected chi connectivity index (χ1v) is 8.77. The van der Waals surface area contributed by atoms with Crippen LogP contribution in [0.3, 0.4) is 0 Å². The molecule has 3 rings (SSSR count). The van der Waals surface area contributed by atoms with Crippen molar-refractivity contribution in [3.63, 3.8) is 0 Å². The van der Waals surface area contributed by atoms with E-state index in [1.54, 1.807) is 0 Å². The molecule has 0 amide bonds. The van der Waals surface area contributed by atoms with Crippen molar-refractivity contribution in [3.05, 3.63) is 77.9 Å². The Balaban J connectivity index is 1.51. The van der Waals surface area contributed by atoms with Crippen LogP contribution in [-0.4, -0.2) is 24.1 Å². The topological polar surface area (TPSA) is 43.4 Å². The molecular weight excluding hydrogens is 358 g/mol. The van der Waals surface area contributed by atoms with Gasteiger partial charge in [0.15, 0.2) is 24.0 Å². The highest BCUT2D eigenvalue weighted by atomic mass is 32.2. The van der Waals surface area contributed by atoms with Gasteiger partial charge in [-0.2, -0.15) is 0 Å². The van der Waals surface area contributed by atoms with E-state index in [2.05, 4.69) is 0 Å². The molecule has 0 aliphatic rings. The number of carbonyl (C=O) groups excluding carboxylic acids is 2. The van der Waals surface area contributed by atoms with Crippen molar-refractivity contribution in [2.75, 3.05) is 12.4 Å². The zero-order valence-electron chi connectivity index (χ0n) is 13.6. The normalized spacial score (nSPS) is 10.7. The van der Waals surface area contributed by atoms with E-state index < -0.39 is 30.0 Å². The van der Waals surface area contributed by atoms with Gasteiger partial charge in [0.2, 0.25) is 0 Å². The lowest BCUT2D eigenvalue weighted by Gasteiger charge is -2.06. The van der Waals surface area contributed by atoms with Crippen molar-refractivity contribution in [1.29, 1.82) is 0 Å². The first kappa shape index (κ1) is 18.1. The number of rotatable bonds is 6. The predicted octanol–water partition coefficient (Wildman–Crippen LogP) is 4.64. The van der Waals surface area contributed by atoms with Crippen LogP contribution in [0.2, 0.25) is 0 Å². The molecule has 132 valence electrons. The van der Waals surface area contributed by atoms with Crippen LogP contribution >= 0.6 is 11.8 Å². The third kappa shape index (κ3) is 4.46. The monoisotopic (exact) mass is 372 g/mol. The fraction of sp³-hybridized carbons (Fsp3) is 0.100. The largest absolute Gasteiger partial charge is 0.457 e. The molecule has 3 nitrogen and oxygen atoms in total. The van der Waals surface area contributed by atoms with Crippen LogP contribution in [0, 0.1) is 11.6 Å². The van der Waals surface area contributed by atoms with Crippen molar-refractivity contribution in [1.82, 2.24) is 0 Å². The maximum absolute atomic E-state index is 13.1. The summed E-state index contributed by atoms with van der Waals surface area (Å²) in [6.45, 7) is -0.512. The first-order valence-electron chi connectivity index (χ1n) is 7.78. The highest BCUT2D eigenvalue weighted by molar-refractivity contribution is 8.00. The van der Waals surface area contributed by atoms with Crippen LogP contribution in [0.25, 0.3) is 10.8 Å². The number of carbonyl (C=O) groups is 2. The van der Waals surface area contributed by atoms with Crippen LogP contribution < -0.4 is 0 Å². The Kier molecular flexibility index (Phi) is 5.63. The minimum absolute atomic E-state index is 0.0427. The number of esters is 1. The van der Waals surface area contributed by atoms with Crippen molar-refractivity contribution < 1.29 is 23.1 Å². The van der Waals surface area contributed by atoms with Crippen LogP contribution in [0.4, 0.5) is 8.78 Å². The minimum Gasteiger partial charge on any atom is -0.457 e. The molecule has 0 aromatic heterocycles. The number of halogens is 2. The van der Waals surface area contributed by atoms with Gasteiger partial charge >= 0.3 is 5.97 Å². The number of ketones is 1. The van der Waals surface area contributed by atoms with Gasteiger partial charge in [-0.3, -0.25) is 9.59 Å². The molecular formula is C20H14F2O3S. The Bertz CT molecular complexity index is 972. The molecule has 0 fully saturated rings. The second-order valence-electron chi connectivity index (χ2n) is 5.51. The molecule has 3 aromatic carbocycles. The summed E-state index contributed by atoms with van der Waals surface area (Å²) in [7, 11) is 0. The zero-order chi connectivity index (χ0) is 18.5. The molecule has 0 atom stereocenters. The first-order chi connectivity index (χ1) is 12.5. The summed E-state index contributed by atoms with van der Waals surface area (Å²) in [6.07, 6.45) is 0. The fourth-order valence-electron chi connectivity index (χ4n) is 2.34. The summed E-state index contributed by atoms with van der Waals surface area (Å²) < 4.78 is 30.9. The van der Waals surface area contributed by atoms with E-state index in [-0.39, 0.29) is 11.3 Å². The number of thioether (sulfide) groups is 1. The van der Waals surface area contributed by atoms with E-state index in [4.69, 9.17) is 4.74 Å². The maximum Gasteiger partial charge on any atom is 0.316 e. The van der Waals surface area contributed by atoms with E-state index in [0.29, 0.717) is 0 Å². The van der Waals surface area contributed by atoms with Gasteiger partial charge in [0.1, 0.15) is 0 Å². The third-order valence-electron chi connectivity index (χ3n) is 3.68. The summed E-state index contributed by atoms with van der Waals surface area (Å²) >= 11 is 1.30. The van der Waals surface area contributed by atoms with Crippen molar-refractivity contribution in [2.24, 2.45) is 0 Å². The highest BCUT2D eigenvalue weighted by Gasteiger charge is 2.13. The van der Waals surface area contributed by atoms with Gasteiger partial charge in [0.25, 0.3) is 0 Å². The lowest BCUT2D eigenvalue weighted by molar-refractivity contribution is -0.139. The van der Waals surface area contributed by atoms with E-state index in [1.807, 2.05) is 42.5 Å². The molecule has 0 unspecified atom stereocenters. The Hall–Kier alpha value is -2.73. The molecule has 0 aliphatic carbocycles. The molecule has 0 heterocycles. The lowest BCUT2D eigenvalue weighted by atomic mass is 10.1. The average molecular weight is 372 g/mol. The quantitative estimate of drug-likeness (QED) is 0.359. The van der Waals surface area contributed by atoms with Gasteiger partial charge in [-0.25, -0.2) is 8.78 Å². The van der Waals surface area contributed by atoms with Gasteiger partial charge in [0, 0.05) is 10.5 Å². The standard InChI is InChI=1S/C20H14F2O3S/c21-17-8-6-15(10-18(17)22)19(23)11-25-20(24)12-26-16-7-5-13-3-1-2-4-14(13)9-16/h1-10H,11-12H2. The molecule has 3 aromatic rings. The van der Waals surface area contributed by atoms with Crippen molar-refractivity contribution in [3.8, 4) is 0 Å². The lowest BCUT2D eigenvalue weighted by Crippen LogP contribution is -2.15. The summed E-state index contributed by atoms with van der Waals surface area (Å²) in [5, 5.41) is 2.18. The van der Waals surface area contributed by atoms with Crippen LogP contribution in [0.15, 0.2) is 65.6 Å². The molecule has 0 bridgehead atoms. The van der Waals surface area contributed by atoms with Crippen LogP contribution in [-0.2, 0) is 9.53 Å². The van der Waals surface area contributed by atoms with Gasteiger partial charge < -0.3 is 4.74 Å². The van der Waals surface area contributed by atoms with Gasteiger partial charge in [-0.1, -0.05) is 30.3 Å². The zero-order valence-corrected chi connectivity index (χ0v) is 14.4. The molecule has 0 N–H and O–H groups in total. The number of fused-ring (bicyclic) bond motifs is 1. The molecule has 0 saturated heterocycles. The van der Waals surface area contributed by atoms with Gasteiger partial charge in [0.05, 0.1) is 5.75 Å². The van der Waals surface area contributed by atoms with Crippen LogP contribution in [0.1, 0.15) is 10.4 Å². The highest BCUT2D eigenvalue weighted by Crippen LogP contribution is 2.23. The number of hydrogen-bond donors (Lipinski definition) is 0. The second kappa shape index (κ2) is 8.10. The Labute approximate surface area is 153 Å². The van der Waals surface area contributed by atoms with E-state index >= 15 is 0 Å². The summed E-state index contributed by atoms with van der Waals surface area (Å²) in [6, 6.07) is 16.5. The summed E-state index contributed by atoms with van der Waals surface area (Å²) in [5.74, 6) is -3.25. The second-order valence-corrected chi connectivity index (χ2v) is 6.56. The molecule has 0 radical (unpaired) electrons. The Morgan fingerprint density at radius 3 is 2.42 bits per heavy atom. The molecule has 0 aliphatic heterocycles. The molecule has 6 heteroatoms. The van der Waals surface area contributed by atoms with Gasteiger partial charge in [-0.15, -0.1) is 11.8 Å². The van der Waals surface area contributed by atoms with E-state index in [9.17, 15) is 18.4 Å². The number of hydrogen-bond acceptors (Lipinski definition) is 4. The van der Waals surface area contributed by atoms with Crippen molar-refractivity contribution >= 4 is 34.3 Å². The number of ether oxygens (including phenoxy) is 1. The Morgan fingerprint density at radius 2 is 1.65 bits per heavy atom. The van der Waals surface area contributed by atoms with Crippen molar-refractivity contribution in [2.45, 2.75) is 4.90 Å². The van der Waals surface area contributed by atoms with E-state index in [0.717, 1.165) is 33.9 Å².